The molecule has 0 radical (unpaired) electrons. The van der Waals surface area contributed by atoms with Gasteiger partial charge >= 0.3 is 5.97 Å². The maximum absolute atomic E-state index is 14.4. The number of ether oxygens (including phenoxy) is 1. The lowest BCUT2D eigenvalue weighted by molar-refractivity contribution is -0.158. The van der Waals surface area contributed by atoms with Crippen LogP contribution in [0.3, 0.4) is 0 Å². The van der Waals surface area contributed by atoms with Gasteiger partial charge in [0.15, 0.2) is 0 Å². The first-order valence-corrected chi connectivity index (χ1v) is 19.3. The summed E-state index contributed by atoms with van der Waals surface area (Å²) in [6.45, 7) is 5.69. The molecule has 6 amide bonds. The second kappa shape index (κ2) is 18.5. The van der Waals surface area contributed by atoms with Crippen molar-refractivity contribution >= 4 is 41.4 Å². The quantitative estimate of drug-likeness (QED) is 0.194. The molecule has 54 heavy (non-hydrogen) atoms. The molecule has 15 heteroatoms. The molecular formula is C39H53FN6O8. The number of fused-ring (bicyclic) bond motifs is 3. The van der Waals surface area contributed by atoms with Crippen molar-refractivity contribution < 1.29 is 42.7 Å². The van der Waals surface area contributed by atoms with Crippen molar-refractivity contribution in [1.82, 2.24) is 30.7 Å². The molecule has 0 aromatic heterocycles. The average Bonchev–Trinajstić information content (AvgIpc) is 3.84. The first-order valence-electron chi connectivity index (χ1n) is 19.3. The second-order valence-corrected chi connectivity index (χ2v) is 14.9. The van der Waals surface area contributed by atoms with Gasteiger partial charge < -0.3 is 35.4 Å². The number of hydrogen-bond acceptors (Lipinski definition) is 8. The standard InChI is InChI=1S/C39H53FN6O8/c1-4-5-6-7-15-33(47)42-28(22-26-11-8-12-27(40)21-26)34(48)43-29-23-54-39(53)31-14-10-18-45(31)36(50)25(3)41-35(49)32-20-24(2)16-19-46(32)38(52)30-13-9-17-44(30)37(29)51/h7-8,11-12,15,21,24-25,28-32H,4-6,9-10,13-14,16-20,22-23H2,1-3H3,(H,41,49)(H,42,47)(H,43,48)/b15-7+/t24?,25-,28-,29+,30-,31-,32+/m0/s1. The van der Waals surface area contributed by atoms with Gasteiger partial charge in [-0.15, -0.1) is 0 Å². The SMILES string of the molecule is CCCC/C=C/C(=O)N[C@@H](Cc1cccc(F)c1)C(=O)N[C@@H]1COC(=O)[C@@H]2CCCN2C(=O)[C@H](C)NC(=O)[C@H]2CC(C)CCN2C(=O)[C@@H]2CCCN2C1=O. The summed E-state index contributed by atoms with van der Waals surface area (Å²) < 4.78 is 19.8. The third-order valence-corrected chi connectivity index (χ3v) is 10.8. The van der Waals surface area contributed by atoms with E-state index in [-0.39, 0.29) is 25.4 Å². The van der Waals surface area contributed by atoms with E-state index in [4.69, 9.17) is 4.74 Å². The zero-order valence-corrected chi connectivity index (χ0v) is 31.4. The van der Waals surface area contributed by atoms with E-state index in [0.29, 0.717) is 57.1 Å². The van der Waals surface area contributed by atoms with Gasteiger partial charge in [0.2, 0.25) is 35.4 Å². The maximum atomic E-state index is 14.4. The summed E-state index contributed by atoms with van der Waals surface area (Å²) in [5, 5.41) is 8.12. The number of rotatable bonds is 9. The highest BCUT2D eigenvalue weighted by molar-refractivity contribution is 5.98. The summed E-state index contributed by atoms with van der Waals surface area (Å²) in [6, 6.07) is -0.884. The van der Waals surface area contributed by atoms with Crippen LogP contribution in [0.5, 0.6) is 0 Å². The minimum Gasteiger partial charge on any atom is -0.461 e. The van der Waals surface area contributed by atoms with Crippen LogP contribution in [-0.2, 0) is 44.7 Å². The summed E-state index contributed by atoms with van der Waals surface area (Å²) >= 11 is 0. The van der Waals surface area contributed by atoms with Gasteiger partial charge in [-0.2, -0.15) is 0 Å². The van der Waals surface area contributed by atoms with E-state index in [2.05, 4.69) is 16.0 Å². The van der Waals surface area contributed by atoms with Crippen LogP contribution in [-0.4, -0.2) is 119 Å². The maximum Gasteiger partial charge on any atom is 0.328 e. The van der Waals surface area contributed by atoms with Gasteiger partial charge in [-0.05, 0) is 81.6 Å². The zero-order valence-electron chi connectivity index (χ0n) is 31.4. The van der Waals surface area contributed by atoms with Crippen LogP contribution >= 0.6 is 0 Å². The van der Waals surface area contributed by atoms with Crippen LogP contribution < -0.4 is 16.0 Å². The molecule has 1 aromatic carbocycles. The fourth-order valence-electron chi connectivity index (χ4n) is 7.78. The predicted molar refractivity (Wildman–Crippen MR) is 195 cm³/mol. The van der Waals surface area contributed by atoms with Gasteiger partial charge in [0.25, 0.3) is 0 Å². The lowest BCUT2D eigenvalue weighted by atomic mass is 9.91. The molecule has 0 aliphatic carbocycles. The molecule has 5 rings (SSSR count). The van der Waals surface area contributed by atoms with Crippen molar-refractivity contribution in [3.8, 4) is 0 Å². The predicted octanol–water partition coefficient (Wildman–Crippen LogP) is 1.75. The highest BCUT2D eigenvalue weighted by atomic mass is 19.1. The third-order valence-electron chi connectivity index (χ3n) is 10.8. The van der Waals surface area contributed by atoms with E-state index >= 15 is 0 Å². The van der Waals surface area contributed by atoms with Crippen molar-refractivity contribution in [3.63, 3.8) is 0 Å². The number of nitrogens with zero attached hydrogens (tertiary/aromatic N) is 3. The summed E-state index contributed by atoms with van der Waals surface area (Å²) in [5.41, 5.74) is 0.418. The minimum atomic E-state index is -1.47. The number of cyclic esters (lactones) is 1. The van der Waals surface area contributed by atoms with Crippen molar-refractivity contribution in [3.05, 3.63) is 47.8 Å². The van der Waals surface area contributed by atoms with Gasteiger partial charge in [-0.25, -0.2) is 9.18 Å². The molecule has 0 bridgehead atoms. The number of benzene rings is 1. The third kappa shape index (κ3) is 9.83. The number of nitrogens with one attached hydrogen (secondary N) is 3. The van der Waals surface area contributed by atoms with Crippen LogP contribution in [0.2, 0.25) is 0 Å². The van der Waals surface area contributed by atoms with Crippen LogP contribution in [0.4, 0.5) is 4.39 Å². The second-order valence-electron chi connectivity index (χ2n) is 14.9. The van der Waals surface area contributed by atoms with Gasteiger partial charge in [0.05, 0.1) is 0 Å². The molecular weight excluding hydrogens is 699 g/mol. The molecule has 0 spiro atoms. The highest BCUT2D eigenvalue weighted by Gasteiger charge is 2.46. The minimum absolute atomic E-state index is 0.113. The van der Waals surface area contributed by atoms with Gasteiger partial charge in [0.1, 0.15) is 48.7 Å². The number of amides is 6. The van der Waals surface area contributed by atoms with Crippen LogP contribution in [0.15, 0.2) is 36.4 Å². The fourth-order valence-corrected chi connectivity index (χ4v) is 7.78. The molecule has 4 aliphatic heterocycles. The summed E-state index contributed by atoms with van der Waals surface area (Å²) in [4.78, 5) is 101. The number of unbranched alkanes of at least 4 members (excludes halogenated alkanes) is 2. The molecule has 1 aromatic rings. The molecule has 14 nitrogen and oxygen atoms in total. The summed E-state index contributed by atoms with van der Waals surface area (Å²) in [7, 11) is 0. The van der Waals surface area contributed by atoms with Crippen molar-refractivity contribution in [2.45, 2.75) is 121 Å². The smallest absolute Gasteiger partial charge is 0.328 e. The van der Waals surface area contributed by atoms with Crippen molar-refractivity contribution in [2.75, 3.05) is 26.2 Å². The number of allylic oxidation sites excluding steroid dienone is 1. The lowest BCUT2D eigenvalue weighted by Crippen LogP contribution is -2.62. The highest BCUT2D eigenvalue weighted by Crippen LogP contribution is 2.28. The Morgan fingerprint density at radius 2 is 1.65 bits per heavy atom. The topological polar surface area (TPSA) is 175 Å². The number of hydrogen-bond donors (Lipinski definition) is 3. The van der Waals surface area contributed by atoms with Crippen LogP contribution in [0.1, 0.15) is 84.1 Å². The molecule has 7 atom stereocenters. The number of piperidine rings is 1. The van der Waals surface area contributed by atoms with E-state index < -0.39 is 90.1 Å². The first kappa shape index (κ1) is 40.4. The molecule has 4 aliphatic rings. The summed E-state index contributed by atoms with van der Waals surface area (Å²) in [6.07, 6.45) is 8.02. The molecule has 4 saturated heterocycles. The van der Waals surface area contributed by atoms with E-state index in [0.717, 1.165) is 12.8 Å². The number of carbonyl (C=O) groups is 7. The Labute approximate surface area is 315 Å². The Bertz CT molecular complexity index is 1620. The van der Waals surface area contributed by atoms with Gasteiger partial charge in [-0.1, -0.05) is 44.9 Å². The average molecular weight is 753 g/mol. The first-order chi connectivity index (χ1) is 25.9. The van der Waals surface area contributed by atoms with Crippen molar-refractivity contribution in [1.29, 1.82) is 0 Å². The lowest BCUT2D eigenvalue weighted by Gasteiger charge is -2.41. The Morgan fingerprint density at radius 3 is 2.37 bits per heavy atom. The molecule has 294 valence electrons. The monoisotopic (exact) mass is 752 g/mol. The fraction of sp³-hybridized carbons (Fsp3) is 0.615. The number of esters is 1. The largest absolute Gasteiger partial charge is 0.461 e. The summed E-state index contributed by atoms with van der Waals surface area (Å²) in [5.74, 6) is -4.55. The Hall–Kier alpha value is -4.82. The Balaban J connectivity index is 1.45. The molecule has 4 fully saturated rings. The Kier molecular flexibility index (Phi) is 13.8. The van der Waals surface area contributed by atoms with Crippen LogP contribution in [0, 0.1) is 11.7 Å². The van der Waals surface area contributed by atoms with Crippen LogP contribution in [0.25, 0.3) is 0 Å². The molecule has 0 saturated carbocycles. The van der Waals surface area contributed by atoms with E-state index in [9.17, 15) is 38.0 Å². The molecule has 4 heterocycles. The normalized spacial score (nSPS) is 27.6. The molecule has 3 N–H and O–H groups in total. The van der Waals surface area contributed by atoms with E-state index in [1.807, 2.05) is 13.8 Å². The van der Waals surface area contributed by atoms with Crippen molar-refractivity contribution in [2.24, 2.45) is 5.92 Å². The van der Waals surface area contributed by atoms with Gasteiger partial charge in [-0.3, -0.25) is 28.8 Å². The van der Waals surface area contributed by atoms with E-state index in [1.165, 1.54) is 39.0 Å². The number of halogens is 1. The van der Waals surface area contributed by atoms with E-state index in [1.54, 1.807) is 19.1 Å². The zero-order chi connectivity index (χ0) is 38.9. The molecule has 1 unspecified atom stereocenters. The number of carbonyl (C=O) groups excluding carboxylic acids is 7. The Morgan fingerprint density at radius 1 is 0.944 bits per heavy atom. The van der Waals surface area contributed by atoms with Gasteiger partial charge in [0, 0.05) is 26.1 Å².